The van der Waals surface area contributed by atoms with Gasteiger partial charge in [-0.25, -0.2) is 4.98 Å². The van der Waals surface area contributed by atoms with Gasteiger partial charge < -0.3 is 15.0 Å². The number of hydrogen-bond acceptors (Lipinski definition) is 4. The Morgan fingerprint density at radius 2 is 1.55 bits per heavy atom. The van der Waals surface area contributed by atoms with Crippen molar-refractivity contribution in [3.8, 4) is 22.5 Å². The second kappa shape index (κ2) is 8.89. The van der Waals surface area contributed by atoms with Crippen molar-refractivity contribution in [2.45, 2.75) is 13.0 Å². The van der Waals surface area contributed by atoms with Crippen LogP contribution in [0.15, 0.2) is 66.7 Å². The van der Waals surface area contributed by atoms with Crippen LogP contribution in [-0.2, 0) is 4.79 Å². The molecule has 1 aliphatic rings. The number of rotatable bonds is 5. The van der Waals surface area contributed by atoms with Crippen LogP contribution in [0.2, 0.25) is 5.02 Å². The zero-order valence-electron chi connectivity index (χ0n) is 18.3. The highest BCUT2D eigenvalue weighted by Gasteiger charge is 2.25. The number of fused-ring (bicyclic) bond motifs is 1. The Hall–Kier alpha value is -3.35. The SMILES string of the molecule is CC(C(=O)O)N1CCN(c2ccc(-c3ccc(-c4nc5ccc(Cl)cc5[nH]4)cc3)cc2)CC1. The lowest BCUT2D eigenvalue weighted by molar-refractivity contribution is -0.142. The lowest BCUT2D eigenvalue weighted by Crippen LogP contribution is -2.51. The Morgan fingerprint density at radius 3 is 2.18 bits per heavy atom. The Kier molecular flexibility index (Phi) is 5.79. The number of H-pyrrole nitrogens is 1. The molecule has 1 atom stereocenters. The van der Waals surface area contributed by atoms with Crippen molar-refractivity contribution in [1.82, 2.24) is 14.9 Å². The van der Waals surface area contributed by atoms with E-state index in [4.69, 9.17) is 11.6 Å². The van der Waals surface area contributed by atoms with Gasteiger partial charge in [-0.15, -0.1) is 0 Å². The maximum absolute atomic E-state index is 11.2. The molecule has 0 aliphatic carbocycles. The summed E-state index contributed by atoms with van der Waals surface area (Å²) in [7, 11) is 0. The van der Waals surface area contributed by atoms with Gasteiger partial charge >= 0.3 is 5.97 Å². The van der Waals surface area contributed by atoms with Crippen LogP contribution in [0.3, 0.4) is 0 Å². The van der Waals surface area contributed by atoms with Gasteiger partial charge in [-0.1, -0.05) is 48.0 Å². The molecule has 4 aromatic rings. The van der Waals surface area contributed by atoms with E-state index < -0.39 is 12.0 Å². The average Bonchev–Trinajstić information content (AvgIpc) is 3.27. The van der Waals surface area contributed by atoms with Gasteiger partial charge in [-0.2, -0.15) is 0 Å². The van der Waals surface area contributed by atoms with E-state index in [1.54, 1.807) is 6.92 Å². The summed E-state index contributed by atoms with van der Waals surface area (Å²) in [4.78, 5) is 23.5. The Balaban J connectivity index is 1.27. The number of anilines is 1. The molecular formula is C26H25ClN4O2. The van der Waals surface area contributed by atoms with Crippen LogP contribution in [0.25, 0.3) is 33.5 Å². The second-order valence-corrected chi connectivity index (χ2v) is 8.84. The van der Waals surface area contributed by atoms with Crippen LogP contribution >= 0.6 is 11.6 Å². The van der Waals surface area contributed by atoms with Gasteiger partial charge in [0.1, 0.15) is 11.9 Å². The van der Waals surface area contributed by atoms with Crippen LogP contribution in [0, 0.1) is 0 Å². The standard InChI is InChI=1S/C26H25ClN4O2/c1-17(26(32)33)30-12-14-31(15-13-30)22-9-6-19(7-10-22)18-2-4-20(5-3-18)25-28-23-11-8-21(27)16-24(23)29-25/h2-11,16-17H,12-15H2,1H3,(H,28,29)(H,32,33). The number of aliphatic carboxylic acids is 1. The van der Waals surface area contributed by atoms with Crippen molar-refractivity contribution in [3.63, 3.8) is 0 Å². The third-order valence-electron chi connectivity index (χ3n) is 6.39. The van der Waals surface area contributed by atoms with E-state index in [1.807, 2.05) is 23.1 Å². The molecule has 6 nitrogen and oxygen atoms in total. The number of carboxylic acids is 1. The second-order valence-electron chi connectivity index (χ2n) is 8.41. The van der Waals surface area contributed by atoms with E-state index in [0.29, 0.717) is 5.02 Å². The lowest BCUT2D eigenvalue weighted by Gasteiger charge is -2.37. The normalized spacial score (nSPS) is 15.6. The van der Waals surface area contributed by atoms with E-state index in [-0.39, 0.29) is 0 Å². The van der Waals surface area contributed by atoms with Crippen molar-refractivity contribution in [2.24, 2.45) is 0 Å². The summed E-state index contributed by atoms with van der Waals surface area (Å²) < 4.78 is 0. The van der Waals surface area contributed by atoms with Gasteiger partial charge in [0.05, 0.1) is 11.0 Å². The van der Waals surface area contributed by atoms with Crippen molar-refractivity contribution in [2.75, 3.05) is 31.1 Å². The molecule has 0 spiro atoms. The zero-order chi connectivity index (χ0) is 22.9. The fraction of sp³-hybridized carbons (Fsp3) is 0.231. The zero-order valence-corrected chi connectivity index (χ0v) is 19.1. The van der Waals surface area contributed by atoms with Crippen molar-refractivity contribution in [3.05, 3.63) is 71.8 Å². The molecule has 1 aliphatic heterocycles. The first-order valence-electron chi connectivity index (χ1n) is 11.1. The molecule has 168 valence electrons. The van der Waals surface area contributed by atoms with E-state index in [0.717, 1.165) is 59.7 Å². The van der Waals surface area contributed by atoms with Gasteiger partial charge in [0, 0.05) is 42.5 Å². The minimum Gasteiger partial charge on any atom is -0.480 e. The van der Waals surface area contributed by atoms with Crippen molar-refractivity contribution < 1.29 is 9.90 Å². The average molecular weight is 461 g/mol. The first-order valence-corrected chi connectivity index (χ1v) is 11.4. The molecular weight excluding hydrogens is 436 g/mol. The maximum Gasteiger partial charge on any atom is 0.320 e. The van der Waals surface area contributed by atoms with Crippen molar-refractivity contribution >= 4 is 34.3 Å². The molecule has 7 heteroatoms. The number of carbonyl (C=O) groups is 1. The maximum atomic E-state index is 11.2. The quantitative estimate of drug-likeness (QED) is 0.431. The smallest absolute Gasteiger partial charge is 0.320 e. The number of benzene rings is 3. The molecule has 1 unspecified atom stereocenters. The molecule has 1 aromatic heterocycles. The summed E-state index contributed by atoms with van der Waals surface area (Å²) >= 11 is 6.08. The third kappa shape index (κ3) is 4.45. The Morgan fingerprint density at radius 1 is 0.939 bits per heavy atom. The van der Waals surface area contributed by atoms with Crippen LogP contribution < -0.4 is 4.90 Å². The summed E-state index contributed by atoms with van der Waals surface area (Å²) in [6, 6.07) is 22.1. The van der Waals surface area contributed by atoms with Crippen LogP contribution in [0.4, 0.5) is 5.69 Å². The molecule has 1 saturated heterocycles. The predicted octanol–water partition coefficient (Wildman–Crippen LogP) is 5.15. The van der Waals surface area contributed by atoms with Crippen LogP contribution in [0.1, 0.15) is 6.92 Å². The molecule has 3 aromatic carbocycles. The lowest BCUT2D eigenvalue weighted by atomic mass is 10.0. The fourth-order valence-electron chi connectivity index (χ4n) is 4.33. The van der Waals surface area contributed by atoms with E-state index >= 15 is 0 Å². The molecule has 1 fully saturated rings. The number of hydrogen-bond donors (Lipinski definition) is 2. The molecule has 0 saturated carbocycles. The van der Waals surface area contributed by atoms with Gasteiger partial charge in [-0.3, -0.25) is 9.69 Å². The van der Waals surface area contributed by atoms with E-state index in [9.17, 15) is 9.90 Å². The molecule has 33 heavy (non-hydrogen) atoms. The molecule has 0 bridgehead atoms. The van der Waals surface area contributed by atoms with E-state index in [1.165, 1.54) is 5.69 Å². The number of aromatic nitrogens is 2. The summed E-state index contributed by atoms with van der Waals surface area (Å²) in [6.07, 6.45) is 0. The monoisotopic (exact) mass is 460 g/mol. The number of aromatic amines is 1. The highest BCUT2D eigenvalue weighted by atomic mass is 35.5. The molecule has 2 N–H and O–H groups in total. The predicted molar refractivity (Wildman–Crippen MR) is 133 cm³/mol. The van der Waals surface area contributed by atoms with Gasteiger partial charge in [-0.05, 0) is 48.4 Å². The Bertz CT molecular complexity index is 1280. The van der Waals surface area contributed by atoms with Gasteiger partial charge in [0.15, 0.2) is 0 Å². The molecule has 2 heterocycles. The minimum absolute atomic E-state index is 0.435. The summed E-state index contributed by atoms with van der Waals surface area (Å²) in [6.45, 7) is 4.92. The fourth-order valence-corrected chi connectivity index (χ4v) is 4.50. The number of nitrogens with one attached hydrogen (secondary N) is 1. The van der Waals surface area contributed by atoms with Crippen LogP contribution in [0.5, 0.6) is 0 Å². The number of piperazine rings is 1. The number of imidazole rings is 1. The molecule has 5 rings (SSSR count). The minimum atomic E-state index is -0.761. The third-order valence-corrected chi connectivity index (χ3v) is 6.62. The largest absolute Gasteiger partial charge is 0.480 e. The first-order chi connectivity index (χ1) is 16.0. The summed E-state index contributed by atoms with van der Waals surface area (Å²) in [5.41, 5.74) is 6.31. The molecule has 0 amide bonds. The Labute approximate surface area is 197 Å². The highest BCUT2D eigenvalue weighted by molar-refractivity contribution is 6.31. The van der Waals surface area contributed by atoms with Gasteiger partial charge in [0.2, 0.25) is 0 Å². The van der Waals surface area contributed by atoms with Crippen molar-refractivity contribution in [1.29, 1.82) is 0 Å². The summed E-state index contributed by atoms with van der Waals surface area (Å²) in [5.74, 6) is 0.0639. The van der Waals surface area contributed by atoms with Gasteiger partial charge in [0.25, 0.3) is 0 Å². The van der Waals surface area contributed by atoms with E-state index in [2.05, 4.69) is 63.4 Å². The highest BCUT2D eigenvalue weighted by Crippen LogP contribution is 2.28. The molecule has 0 radical (unpaired) electrons. The first kappa shape index (κ1) is 21.5. The summed E-state index contributed by atoms with van der Waals surface area (Å²) in [5, 5.41) is 9.90. The number of carboxylic acid groups (broad SMARTS) is 1. The topological polar surface area (TPSA) is 72.5 Å². The number of nitrogens with zero attached hydrogens (tertiary/aromatic N) is 3. The number of halogens is 1. The van der Waals surface area contributed by atoms with Crippen LogP contribution in [-0.4, -0.2) is 58.2 Å².